The minimum Gasteiger partial charge on any atom is -0.485 e. The zero-order valence-electron chi connectivity index (χ0n) is 27.6. The standard InChI is InChI=1S/C47H31N3O/c1-2-12-32(13-3-1)45-48-46(50-47(49-45)39-23-21-31-11-5-7-15-34(31)27-39)38-17-8-16-37(28-38)40-18-9-19-42-44(40)41-25-24-36(29-43(41)51-42)35-22-20-30-10-4-6-14-33(30)26-35/h1-29,42,44H. The van der Waals surface area contributed by atoms with E-state index in [1.165, 1.54) is 32.9 Å². The molecule has 2 atom stereocenters. The first-order chi connectivity index (χ1) is 25.2. The number of allylic oxidation sites excluding steroid dienone is 2. The summed E-state index contributed by atoms with van der Waals surface area (Å²) in [5, 5.41) is 4.80. The molecule has 1 aliphatic carbocycles. The molecule has 0 radical (unpaired) electrons. The quantitative estimate of drug-likeness (QED) is 0.185. The SMILES string of the molecule is C1=CC2Oc3cc(-c4ccc5ccccc5c4)ccc3C2C(c2cccc(-c3nc(-c4ccccc4)nc(-c4ccc5ccccc5c4)n3)c2)=C1. The van der Waals surface area contributed by atoms with Crippen LogP contribution in [0, 0.1) is 0 Å². The Morgan fingerprint density at radius 2 is 0.961 bits per heavy atom. The van der Waals surface area contributed by atoms with E-state index in [1.807, 2.05) is 30.3 Å². The summed E-state index contributed by atoms with van der Waals surface area (Å²) in [4.78, 5) is 15.1. The zero-order chi connectivity index (χ0) is 33.7. The maximum absolute atomic E-state index is 6.63. The third-order valence-corrected chi connectivity index (χ3v) is 10.1. The summed E-state index contributed by atoms with van der Waals surface area (Å²) in [7, 11) is 0. The molecule has 4 nitrogen and oxygen atoms in total. The summed E-state index contributed by atoms with van der Waals surface area (Å²) in [6, 6.07) is 55.2. The second-order valence-electron chi connectivity index (χ2n) is 13.2. The van der Waals surface area contributed by atoms with E-state index in [0.717, 1.165) is 39.0 Å². The third kappa shape index (κ3) is 5.29. The van der Waals surface area contributed by atoms with Crippen LogP contribution in [0.2, 0.25) is 0 Å². The molecule has 2 heterocycles. The topological polar surface area (TPSA) is 47.9 Å². The maximum Gasteiger partial charge on any atom is 0.164 e. The van der Waals surface area contributed by atoms with Crippen LogP contribution in [0.1, 0.15) is 17.0 Å². The van der Waals surface area contributed by atoms with Crippen LogP contribution in [0.5, 0.6) is 5.75 Å². The van der Waals surface area contributed by atoms with Gasteiger partial charge in [0.2, 0.25) is 0 Å². The molecular formula is C47H31N3O. The van der Waals surface area contributed by atoms with Crippen molar-refractivity contribution in [2.45, 2.75) is 12.0 Å². The van der Waals surface area contributed by atoms with E-state index in [4.69, 9.17) is 19.7 Å². The molecule has 0 spiro atoms. The van der Waals surface area contributed by atoms with Gasteiger partial charge in [-0.15, -0.1) is 0 Å². The predicted octanol–water partition coefficient (Wildman–Crippen LogP) is 11.3. The molecule has 2 unspecified atom stereocenters. The number of aromatic nitrogens is 3. The monoisotopic (exact) mass is 653 g/mol. The van der Waals surface area contributed by atoms with Crippen molar-refractivity contribution in [2.24, 2.45) is 0 Å². The first-order valence-corrected chi connectivity index (χ1v) is 17.3. The van der Waals surface area contributed by atoms with Crippen LogP contribution >= 0.6 is 0 Å². The summed E-state index contributed by atoms with van der Waals surface area (Å²) in [6.07, 6.45) is 6.44. The van der Waals surface area contributed by atoms with Crippen LogP contribution in [0.25, 0.3) is 72.4 Å². The van der Waals surface area contributed by atoms with Crippen LogP contribution in [0.15, 0.2) is 176 Å². The van der Waals surface area contributed by atoms with Gasteiger partial charge in [0.05, 0.1) is 5.92 Å². The Balaban J connectivity index is 1.03. The normalized spacial score (nSPS) is 16.0. The van der Waals surface area contributed by atoms with Gasteiger partial charge >= 0.3 is 0 Å². The number of rotatable bonds is 5. The van der Waals surface area contributed by atoms with Crippen LogP contribution in [0.3, 0.4) is 0 Å². The number of fused-ring (bicyclic) bond motifs is 5. The smallest absolute Gasteiger partial charge is 0.164 e. The first-order valence-electron chi connectivity index (χ1n) is 17.3. The van der Waals surface area contributed by atoms with Gasteiger partial charge in [0, 0.05) is 22.3 Å². The molecule has 0 saturated carbocycles. The van der Waals surface area contributed by atoms with Crippen LogP contribution in [-0.4, -0.2) is 21.1 Å². The molecule has 1 aromatic heterocycles. The van der Waals surface area contributed by atoms with Gasteiger partial charge in [-0.1, -0.05) is 146 Å². The summed E-state index contributed by atoms with van der Waals surface area (Å²) < 4.78 is 6.63. The zero-order valence-corrected chi connectivity index (χ0v) is 27.6. The van der Waals surface area contributed by atoms with Crippen molar-refractivity contribution >= 4 is 27.1 Å². The lowest BCUT2D eigenvalue weighted by atomic mass is 9.80. The van der Waals surface area contributed by atoms with Gasteiger partial charge in [0.25, 0.3) is 0 Å². The Hall–Kier alpha value is -6.65. The van der Waals surface area contributed by atoms with Gasteiger partial charge in [0.1, 0.15) is 11.9 Å². The fraction of sp³-hybridized carbons (Fsp3) is 0.0426. The number of ether oxygens (including phenoxy) is 1. The highest BCUT2D eigenvalue weighted by Gasteiger charge is 2.37. The van der Waals surface area contributed by atoms with E-state index in [2.05, 4.69) is 146 Å². The average molecular weight is 654 g/mol. The van der Waals surface area contributed by atoms with E-state index in [0.29, 0.717) is 17.5 Å². The van der Waals surface area contributed by atoms with Gasteiger partial charge < -0.3 is 4.74 Å². The summed E-state index contributed by atoms with van der Waals surface area (Å²) >= 11 is 0. The highest BCUT2D eigenvalue weighted by molar-refractivity contribution is 5.89. The van der Waals surface area contributed by atoms with E-state index >= 15 is 0 Å². The van der Waals surface area contributed by atoms with Gasteiger partial charge in [-0.25, -0.2) is 15.0 Å². The Labute approximate surface area is 296 Å². The fourth-order valence-electron chi connectivity index (χ4n) is 7.49. The molecule has 10 rings (SSSR count). The van der Waals surface area contributed by atoms with E-state index in [9.17, 15) is 0 Å². The molecule has 0 N–H and O–H groups in total. The molecule has 240 valence electrons. The lowest BCUT2D eigenvalue weighted by Gasteiger charge is -2.23. The minimum absolute atomic E-state index is 0.0723. The van der Waals surface area contributed by atoms with Crippen molar-refractivity contribution in [3.63, 3.8) is 0 Å². The highest BCUT2D eigenvalue weighted by atomic mass is 16.5. The third-order valence-electron chi connectivity index (χ3n) is 10.1. The van der Waals surface area contributed by atoms with Crippen molar-refractivity contribution in [2.75, 3.05) is 0 Å². The molecule has 7 aromatic carbocycles. The van der Waals surface area contributed by atoms with E-state index in [1.54, 1.807) is 0 Å². The van der Waals surface area contributed by atoms with Crippen LogP contribution < -0.4 is 4.74 Å². The largest absolute Gasteiger partial charge is 0.485 e. The highest BCUT2D eigenvalue weighted by Crippen LogP contribution is 2.49. The summed E-state index contributed by atoms with van der Waals surface area (Å²) in [6.45, 7) is 0. The molecule has 0 bridgehead atoms. The lowest BCUT2D eigenvalue weighted by Crippen LogP contribution is -2.19. The van der Waals surface area contributed by atoms with Gasteiger partial charge in [-0.05, 0) is 74.1 Å². The predicted molar refractivity (Wildman–Crippen MR) is 207 cm³/mol. The molecule has 0 saturated heterocycles. The van der Waals surface area contributed by atoms with Gasteiger partial charge in [-0.3, -0.25) is 0 Å². The molecule has 51 heavy (non-hydrogen) atoms. The van der Waals surface area contributed by atoms with Crippen molar-refractivity contribution in [3.8, 4) is 51.0 Å². The molecular weight excluding hydrogens is 623 g/mol. The van der Waals surface area contributed by atoms with Crippen LogP contribution in [0.4, 0.5) is 0 Å². The maximum atomic E-state index is 6.63. The Bertz CT molecular complexity index is 2690. The van der Waals surface area contributed by atoms with Gasteiger partial charge in [-0.2, -0.15) is 0 Å². The van der Waals surface area contributed by atoms with Crippen molar-refractivity contribution in [1.29, 1.82) is 0 Å². The van der Waals surface area contributed by atoms with Crippen molar-refractivity contribution in [1.82, 2.24) is 15.0 Å². The summed E-state index contributed by atoms with van der Waals surface area (Å²) in [5.41, 5.74) is 8.72. The van der Waals surface area contributed by atoms with Crippen molar-refractivity contribution in [3.05, 3.63) is 187 Å². The van der Waals surface area contributed by atoms with Gasteiger partial charge in [0.15, 0.2) is 17.5 Å². The minimum atomic E-state index is -0.0723. The number of nitrogens with zero attached hydrogens (tertiary/aromatic N) is 3. The first kappa shape index (κ1) is 29.3. The molecule has 8 aromatic rings. The van der Waals surface area contributed by atoms with Crippen molar-refractivity contribution < 1.29 is 4.74 Å². The van der Waals surface area contributed by atoms with E-state index in [-0.39, 0.29) is 12.0 Å². The Kier molecular flexibility index (Phi) is 6.91. The van der Waals surface area contributed by atoms with Crippen LogP contribution in [-0.2, 0) is 0 Å². The Morgan fingerprint density at radius 1 is 0.412 bits per heavy atom. The molecule has 0 amide bonds. The molecule has 2 aliphatic rings. The number of benzene rings is 7. The van der Waals surface area contributed by atoms with E-state index < -0.39 is 0 Å². The second kappa shape index (κ2) is 12.0. The lowest BCUT2D eigenvalue weighted by molar-refractivity contribution is 0.272. The number of hydrogen-bond acceptors (Lipinski definition) is 4. The fourth-order valence-corrected chi connectivity index (χ4v) is 7.49. The molecule has 4 heteroatoms. The summed E-state index contributed by atoms with van der Waals surface area (Å²) in [5.74, 6) is 2.96. The molecule has 0 fully saturated rings. The molecule has 1 aliphatic heterocycles. The average Bonchev–Trinajstić information content (AvgIpc) is 3.59. The Morgan fingerprint density at radius 3 is 1.71 bits per heavy atom. The number of hydrogen-bond donors (Lipinski definition) is 0. The second-order valence-corrected chi connectivity index (χ2v) is 13.2.